The van der Waals surface area contributed by atoms with Gasteiger partial charge in [0.1, 0.15) is 11.6 Å². The van der Waals surface area contributed by atoms with Crippen LogP contribution in [-0.2, 0) is 4.74 Å². The van der Waals surface area contributed by atoms with Crippen molar-refractivity contribution in [3.8, 4) is 11.5 Å². The Morgan fingerprint density at radius 2 is 2.21 bits per heavy atom. The molecule has 1 unspecified atom stereocenters. The summed E-state index contributed by atoms with van der Waals surface area (Å²) in [4.78, 5) is 3.98. The molecule has 0 radical (unpaired) electrons. The second kappa shape index (κ2) is 5.85. The molecule has 0 spiro atoms. The van der Waals surface area contributed by atoms with Gasteiger partial charge < -0.3 is 15.0 Å². The van der Waals surface area contributed by atoms with E-state index >= 15 is 0 Å². The van der Waals surface area contributed by atoms with E-state index in [4.69, 9.17) is 15.0 Å². The Hall–Kier alpha value is -1.86. The number of nitrogens with zero attached hydrogens (tertiary/aromatic N) is 2. The largest absolute Gasteiger partial charge is 0.380 e. The van der Waals surface area contributed by atoms with E-state index in [-0.39, 0.29) is 23.9 Å². The molecule has 1 aromatic heterocycles. The third kappa shape index (κ3) is 3.12. The zero-order chi connectivity index (χ0) is 13.8. The number of hydrogen-bond donors (Lipinski definition) is 1. The maximum Gasteiger partial charge on any atom is 0.260 e. The lowest BCUT2D eigenvalue weighted by Crippen LogP contribution is -2.18. The molecule has 0 bridgehead atoms. The summed E-state index contributed by atoms with van der Waals surface area (Å²) in [5.41, 5.74) is 5.80. The quantitative estimate of drug-likeness (QED) is 0.899. The van der Waals surface area contributed by atoms with E-state index in [2.05, 4.69) is 10.1 Å². The van der Waals surface area contributed by atoms with Gasteiger partial charge in [0.25, 0.3) is 5.89 Å². The minimum absolute atomic E-state index is 0.0313. The summed E-state index contributed by atoms with van der Waals surface area (Å²) in [6.07, 6.45) is 0. The molecule has 2 rings (SSSR count). The maximum atomic E-state index is 13.5. The van der Waals surface area contributed by atoms with Crippen molar-refractivity contribution in [2.45, 2.75) is 13.0 Å². The average Bonchev–Trinajstić information content (AvgIpc) is 2.85. The Labute approximate surface area is 108 Å². The number of ether oxygens (including phenoxy) is 1. The number of hydrogen-bond acceptors (Lipinski definition) is 5. The molecule has 0 saturated carbocycles. The van der Waals surface area contributed by atoms with Crippen LogP contribution in [0, 0.1) is 11.6 Å². The van der Waals surface area contributed by atoms with Crippen molar-refractivity contribution in [3.05, 3.63) is 35.7 Å². The zero-order valence-electron chi connectivity index (χ0n) is 10.3. The summed E-state index contributed by atoms with van der Waals surface area (Å²) in [5.74, 6) is -1.27. The Balaban J connectivity index is 2.20. The fraction of sp³-hybridized carbons (Fsp3) is 0.333. The molecule has 1 heterocycles. The van der Waals surface area contributed by atoms with Gasteiger partial charge in [-0.1, -0.05) is 5.16 Å². The topological polar surface area (TPSA) is 74.2 Å². The first kappa shape index (κ1) is 13.6. The van der Waals surface area contributed by atoms with Crippen LogP contribution >= 0.6 is 0 Å². The highest BCUT2D eigenvalue weighted by Gasteiger charge is 2.17. The molecule has 2 N–H and O–H groups in total. The van der Waals surface area contributed by atoms with Crippen LogP contribution in [0.15, 0.2) is 22.7 Å². The fourth-order valence-corrected chi connectivity index (χ4v) is 1.48. The van der Waals surface area contributed by atoms with Crippen LogP contribution in [0.25, 0.3) is 11.5 Å². The van der Waals surface area contributed by atoms with Crippen molar-refractivity contribution >= 4 is 0 Å². The van der Waals surface area contributed by atoms with Crippen molar-refractivity contribution in [2.24, 2.45) is 5.73 Å². The highest BCUT2D eigenvalue weighted by atomic mass is 19.1. The molecule has 0 amide bonds. The van der Waals surface area contributed by atoms with Crippen LogP contribution < -0.4 is 5.73 Å². The predicted octanol–water partition coefficient (Wildman–Crippen LogP) is 2.05. The van der Waals surface area contributed by atoms with Gasteiger partial charge in [0.15, 0.2) is 5.82 Å². The zero-order valence-corrected chi connectivity index (χ0v) is 10.3. The highest BCUT2D eigenvalue weighted by molar-refractivity contribution is 5.53. The van der Waals surface area contributed by atoms with E-state index < -0.39 is 17.7 Å². The van der Waals surface area contributed by atoms with Crippen LogP contribution in [0.2, 0.25) is 0 Å². The van der Waals surface area contributed by atoms with Crippen molar-refractivity contribution in [2.75, 3.05) is 13.2 Å². The molecule has 7 heteroatoms. The maximum absolute atomic E-state index is 13.5. The Kier molecular flexibility index (Phi) is 4.18. The van der Waals surface area contributed by atoms with Gasteiger partial charge in [-0.25, -0.2) is 8.78 Å². The van der Waals surface area contributed by atoms with E-state index in [0.717, 1.165) is 12.1 Å². The van der Waals surface area contributed by atoms with Crippen molar-refractivity contribution in [1.82, 2.24) is 10.1 Å². The van der Waals surface area contributed by atoms with Crippen molar-refractivity contribution in [1.29, 1.82) is 0 Å². The molecule has 0 fully saturated rings. The Morgan fingerprint density at radius 3 is 2.89 bits per heavy atom. The van der Waals surface area contributed by atoms with Gasteiger partial charge in [-0.05, 0) is 19.1 Å². The SMILES string of the molecule is CCOCC(N)c1noc(-c2ccc(F)cc2F)n1. The summed E-state index contributed by atoms with van der Waals surface area (Å²) < 4.78 is 36.4. The molecule has 2 aromatic rings. The Morgan fingerprint density at radius 1 is 1.42 bits per heavy atom. The van der Waals surface area contributed by atoms with Gasteiger partial charge >= 0.3 is 0 Å². The summed E-state index contributed by atoms with van der Waals surface area (Å²) in [6, 6.07) is 2.54. The minimum atomic E-state index is -0.770. The van der Waals surface area contributed by atoms with Crippen LogP contribution in [0.4, 0.5) is 8.78 Å². The number of rotatable bonds is 5. The summed E-state index contributed by atoms with van der Waals surface area (Å²) >= 11 is 0. The molecule has 19 heavy (non-hydrogen) atoms. The third-order valence-electron chi connectivity index (χ3n) is 2.44. The molecular formula is C12H13F2N3O2. The van der Waals surface area contributed by atoms with Crippen LogP contribution in [0.3, 0.4) is 0 Å². The summed E-state index contributed by atoms with van der Waals surface area (Å²) in [6.45, 7) is 2.59. The van der Waals surface area contributed by atoms with E-state index in [1.165, 1.54) is 6.07 Å². The van der Waals surface area contributed by atoms with Crippen molar-refractivity contribution in [3.63, 3.8) is 0 Å². The molecule has 0 aliphatic heterocycles. The van der Waals surface area contributed by atoms with Gasteiger partial charge in [0.2, 0.25) is 0 Å². The minimum Gasteiger partial charge on any atom is -0.380 e. The first-order chi connectivity index (χ1) is 9.11. The van der Waals surface area contributed by atoms with Gasteiger partial charge in [0.05, 0.1) is 18.2 Å². The van der Waals surface area contributed by atoms with Crippen molar-refractivity contribution < 1.29 is 18.0 Å². The normalized spacial score (nSPS) is 12.6. The fourth-order valence-electron chi connectivity index (χ4n) is 1.48. The van der Waals surface area contributed by atoms with Crippen LogP contribution in [0.1, 0.15) is 18.8 Å². The number of aromatic nitrogens is 2. The van der Waals surface area contributed by atoms with Crippen LogP contribution in [-0.4, -0.2) is 23.4 Å². The molecule has 0 aliphatic carbocycles. The van der Waals surface area contributed by atoms with Gasteiger partial charge in [0, 0.05) is 12.7 Å². The lowest BCUT2D eigenvalue weighted by molar-refractivity contribution is 0.130. The van der Waals surface area contributed by atoms with Gasteiger partial charge in [-0.15, -0.1) is 0 Å². The first-order valence-electron chi connectivity index (χ1n) is 5.74. The molecule has 0 aliphatic rings. The lowest BCUT2D eigenvalue weighted by Gasteiger charge is -2.05. The second-order valence-corrected chi connectivity index (χ2v) is 3.85. The monoisotopic (exact) mass is 269 g/mol. The van der Waals surface area contributed by atoms with E-state index in [0.29, 0.717) is 6.61 Å². The molecular weight excluding hydrogens is 256 g/mol. The second-order valence-electron chi connectivity index (χ2n) is 3.85. The lowest BCUT2D eigenvalue weighted by atomic mass is 10.2. The van der Waals surface area contributed by atoms with Gasteiger partial charge in [-0.2, -0.15) is 4.98 Å². The number of halogens is 2. The summed E-state index contributed by atoms with van der Waals surface area (Å²) in [7, 11) is 0. The average molecular weight is 269 g/mol. The summed E-state index contributed by atoms with van der Waals surface area (Å²) in [5, 5.41) is 3.66. The number of nitrogens with two attached hydrogens (primary N) is 1. The number of benzene rings is 1. The molecule has 1 aromatic carbocycles. The molecule has 1 atom stereocenters. The Bertz CT molecular complexity index is 560. The van der Waals surface area contributed by atoms with E-state index in [1.54, 1.807) is 0 Å². The van der Waals surface area contributed by atoms with Crippen LogP contribution in [0.5, 0.6) is 0 Å². The molecule has 0 saturated heterocycles. The smallest absolute Gasteiger partial charge is 0.260 e. The van der Waals surface area contributed by atoms with E-state index in [1.807, 2.05) is 6.92 Å². The first-order valence-corrected chi connectivity index (χ1v) is 5.74. The molecule has 102 valence electrons. The standard InChI is InChI=1S/C12H13F2N3O2/c1-2-18-6-10(15)11-16-12(19-17-11)8-4-3-7(13)5-9(8)14/h3-5,10H,2,6,15H2,1H3. The predicted molar refractivity (Wildman–Crippen MR) is 63.1 cm³/mol. The highest BCUT2D eigenvalue weighted by Crippen LogP contribution is 2.22. The molecule has 5 nitrogen and oxygen atoms in total. The third-order valence-corrected chi connectivity index (χ3v) is 2.44. The van der Waals surface area contributed by atoms with Gasteiger partial charge in [-0.3, -0.25) is 0 Å². The van der Waals surface area contributed by atoms with E-state index in [9.17, 15) is 8.78 Å².